The molecule has 1 aromatic carbocycles. The minimum Gasteiger partial charge on any atom is -0.494 e. The first-order chi connectivity index (χ1) is 9.22. The van der Waals surface area contributed by atoms with Crippen LogP contribution >= 0.6 is 11.6 Å². The van der Waals surface area contributed by atoms with Gasteiger partial charge in [0.05, 0.1) is 12.8 Å². The van der Waals surface area contributed by atoms with Crippen molar-refractivity contribution in [3.63, 3.8) is 0 Å². The summed E-state index contributed by atoms with van der Waals surface area (Å²) in [7, 11) is 0. The van der Waals surface area contributed by atoms with Crippen LogP contribution in [-0.4, -0.2) is 16.6 Å². The molecule has 2 rings (SSSR count). The van der Waals surface area contributed by atoms with E-state index in [0.29, 0.717) is 23.1 Å². The molecule has 0 amide bonds. The maximum atomic E-state index is 5.95. The van der Waals surface area contributed by atoms with E-state index < -0.39 is 0 Å². The van der Waals surface area contributed by atoms with Crippen LogP contribution in [0.1, 0.15) is 6.92 Å². The molecule has 0 unspecified atom stereocenters. The number of benzene rings is 1. The average Bonchev–Trinajstić information content (AvgIpc) is 2.42. The van der Waals surface area contributed by atoms with Crippen molar-refractivity contribution in [1.82, 2.24) is 9.97 Å². The number of ether oxygens (including phenoxy) is 2. The van der Waals surface area contributed by atoms with Gasteiger partial charge in [0.25, 0.3) is 0 Å². The zero-order valence-corrected chi connectivity index (χ0v) is 11.0. The number of aromatic nitrogens is 2. The maximum absolute atomic E-state index is 5.95. The van der Waals surface area contributed by atoms with Crippen LogP contribution in [0.3, 0.4) is 0 Å². The highest BCUT2D eigenvalue weighted by Crippen LogP contribution is 2.29. The lowest BCUT2D eigenvalue weighted by Crippen LogP contribution is -2.10. The Morgan fingerprint density at radius 2 is 2.16 bits per heavy atom. The molecule has 2 aromatic rings. The van der Waals surface area contributed by atoms with Crippen LogP contribution in [0.5, 0.6) is 17.4 Å². The highest BCUT2D eigenvalue weighted by Gasteiger charge is 2.08. The number of hydrogen-bond acceptors (Lipinski definition) is 6. The zero-order valence-electron chi connectivity index (χ0n) is 10.3. The van der Waals surface area contributed by atoms with Gasteiger partial charge in [-0.1, -0.05) is 17.7 Å². The fourth-order valence-corrected chi connectivity index (χ4v) is 1.53. The Hall–Kier alpha value is -2.05. The molecule has 0 radical (unpaired) electrons. The van der Waals surface area contributed by atoms with Crippen molar-refractivity contribution < 1.29 is 9.47 Å². The van der Waals surface area contributed by atoms with E-state index in [1.165, 1.54) is 6.20 Å². The topological polar surface area (TPSA) is 82.3 Å². The fraction of sp³-hybridized carbons (Fsp3) is 0.167. The summed E-state index contributed by atoms with van der Waals surface area (Å²) in [6.07, 6.45) is 1.41. The second-order valence-electron chi connectivity index (χ2n) is 3.50. The first kappa shape index (κ1) is 13.4. The molecule has 0 aliphatic carbocycles. The summed E-state index contributed by atoms with van der Waals surface area (Å²) in [5.41, 5.74) is 2.33. The largest absolute Gasteiger partial charge is 0.494 e. The van der Waals surface area contributed by atoms with Crippen molar-refractivity contribution in [2.75, 3.05) is 12.0 Å². The molecule has 1 heterocycles. The molecule has 0 atom stereocenters. The number of halogens is 1. The molecule has 0 spiro atoms. The number of rotatable bonds is 5. The normalized spacial score (nSPS) is 10.1. The Kier molecular flexibility index (Phi) is 4.38. The van der Waals surface area contributed by atoms with E-state index >= 15 is 0 Å². The predicted octanol–water partition coefficient (Wildman–Crippen LogP) is 2.61. The Labute approximate surface area is 115 Å². The first-order valence-electron chi connectivity index (χ1n) is 5.62. The van der Waals surface area contributed by atoms with Crippen LogP contribution in [0.25, 0.3) is 0 Å². The lowest BCUT2D eigenvalue weighted by molar-refractivity contribution is 0.338. The van der Waals surface area contributed by atoms with Gasteiger partial charge in [-0.2, -0.15) is 4.98 Å². The van der Waals surface area contributed by atoms with E-state index in [9.17, 15) is 0 Å². The molecule has 0 aliphatic rings. The molecule has 6 nitrogen and oxygen atoms in total. The number of hydrogen-bond donors (Lipinski definition) is 2. The van der Waals surface area contributed by atoms with Gasteiger partial charge in [-0.05, 0) is 19.1 Å². The molecule has 0 aliphatic heterocycles. The van der Waals surface area contributed by atoms with Crippen molar-refractivity contribution in [1.29, 1.82) is 0 Å². The molecule has 1 aromatic heterocycles. The van der Waals surface area contributed by atoms with E-state index in [-0.39, 0.29) is 11.8 Å². The molecule has 0 saturated heterocycles. The molecule has 0 saturated carbocycles. The molecule has 0 fully saturated rings. The summed E-state index contributed by atoms with van der Waals surface area (Å²) in [5, 5.41) is 0.292. The average molecular weight is 281 g/mol. The van der Waals surface area contributed by atoms with Crippen molar-refractivity contribution in [2.24, 2.45) is 5.84 Å². The molecule has 3 N–H and O–H groups in total. The summed E-state index contributed by atoms with van der Waals surface area (Å²) in [6, 6.07) is 7.18. The standard InChI is InChI=1S/C12H13ClN4O2/c1-2-18-8-4-3-5-9(6-8)19-11-10(13)7-15-12(16-11)17-14/h3-7H,2,14H2,1H3,(H,15,16,17). The SMILES string of the molecule is CCOc1cccc(Oc2nc(NN)ncc2Cl)c1. The van der Waals surface area contributed by atoms with Gasteiger partial charge in [0.2, 0.25) is 11.8 Å². The van der Waals surface area contributed by atoms with Gasteiger partial charge in [-0.3, -0.25) is 5.43 Å². The van der Waals surface area contributed by atoms with Crippen molar-refractivity contribution in [3.05, 3.63) is 35.5 Å². The van der Waals surface area contributed by atoms with E-state index in [4.69, 9.17) is 26.9 Å². The lowest BCUT2D eigenvalue weighted by atomic mass is 10.3. The van der Waals surface area contributed by atoms with Crippen molar-refractivity contribution >= 4 is 17.5 Å². The Bertz CT molecular complexity index is 565. The number of anilines is 1. The molecular formula is C12H13ClN4O2. The van der Waals surface area contributed by atoms with Crippen LogP contribution in [-0.2, 0) is 0 Å². The third kappa shape index (κ3) is 3.46. The fourth-order valence-electron chi connectivity index (χ4n) is 1.40. The van der Waals surface area contributed by atoms with E-state index in [0.717, 1.165) is 0 Å². The molecule has 100 valence electrons. The Morgan fingerprint density at radius 1 is 1.37 bits per heavy atom. The van der Waals surface area contributed by atoms with Gasteiger partial charge in [0, 0.05) is 6.07 Å². The van der Waals surface area contributed by atoms with Crippen molar-refractivity contribution in [2.45, 2.75) is 6.92 Å². The van der Waals surface area contributed by atoms with E-state index in [2.05, 4.69) is 15.4 Å². The van der Waals surface area contributed by atoms with Gasteiger partial charge in [-0.25, -0.2) is 10.8 Å². The number of nitrogen functional groups attached to an aromatic ring is 1. The van der Waals surface area contributed by atoms with Gasteiger partial charge < -0.3 is 9.47 Å². The quantitative estimate of drug-likeness (QED) is 0.647. The van der Waals surface area contributed by atoms with Gasteiger partial charge in [-0.15, -0.1) is 0 Å². The Morgan fingerprint density at radius 3 is 2.89 bits per heavy atom. The summed E-state index contributed by atoms with van der Waals surface area (Å²) >= 11 is 5.95. The smallest absolute Gasteiger partial charge is 0.243 e. The summed E-state index contributed by atoms with van der Waals surface area (Å²) in [4.78, 5) is 7.88. The summed E-state index contributed by atoms with van der Waals surface area (Å²) < 4.78 is 11.0. The van der Waals surface area contributed by atoms with Crippen molar-refractivity contribution in [3.8, 4) is 17.4 Å². The number of nitrogens with two attached hydrogens (primary N) is 1. The minimum absolute atomic E-state index is 0.221. The van der Waals surface area contributed by atoms with Crippen LogP contribution in [0.15, 0.2) is 30.5 Å². The van der Waals surface area contributed by atoms with Crippen LogP contribution in [0.4, 0.5) is 5.95 Å². The molecule has 19 heavy (non-hydrogen) atoms. The zero-order chi connectivity index (χ0) is 13.7. The van der Waals surface area contributed by atoms with Gasteiger partial charge in [0.15, 0.2) is 0 Å². The third-order valence-corrected chi connectivity index (χ3v) is 2.43. The highest BCUT2D eigenvalue weighted by atomic mass is 35.5. The number of nitrogens with zero attached hydrogens (tertiary/aromatic N) is 2. The third-order valence-electron chi connectivity index (χ3n) is 2.17. The Balaban J connectivity index is 2.22. The first-order valence-corrected chi connectivity index (χ1v) is 6.00. The van der Waals surface area contributed by atoms with Crippen LogP contribution in [0, 0.1) is 0 Å². The number of nitrogens with one attached hydrogen (secondary N) is 1. The lowest BCUT2D eigenvalue weighted by Gasteiger charge is -2.09. The number of hydrazine groups is 1. The molecule has 7 heteroatoms. The molecular weight excluding hydrogens is 268 g/mol. The minimum atomic E-state index is 0.221. The van der Waals surface area contributed by atoms with Crippen LogP contribution in [0.2, 0.25) is 5.02 Å². The molecule has 0 bridgehead atoms. The summed E-state index contributed by atoms with van der Waals surface area (Å²) in [5.74, 6) is 6.95. The predicted molar refractivity (Wildman–Crippen MR) is 72.5 cm³/mol. The van der Waals surface area contributed by atoms with E-state index in [1.54, 1.807) is 12.1 Å². The second kappa shape index (κ2) is 6.21. The summed E-state index contributed by atoms with van der Waals surface area (Å²) in [6.45, 7) is 2.49. The van der Waals surface area contributed by atoms with Crippen LogP contribution < -0.4 is 20.7 Å². The van der Waals surface area contributed by atoms with Gasteiger partial charge in [0.1, 0.15) is 16.5 Å². The van der Waals surface area contributed by atoms with E-state index in [1.807, 2.05) is 19.1 Å². The highest BCUT2D eigenvalue weighted by molar-refractivity contribution is 6.31. The monoisotopic (exact) mass is 280 g/mol. The maximum Gasteiger partial charge on any atom is 0.243 e. The second-order valence-corrected chi connectivity index (χ2v) is 3.91. The van der Waals surface area contributed by atoms with Gasteiger partial charge >= 0.3 is 0 Å².